The molecule has 0 aliphatic rings. The molecule has 3 aromatic rings. The summed E-state index contributed by atoms with van der Waals surface area (Å²) in [7, 11) is 4.05. The highest BCUT2D eigenvalue weighted by atomic mass is 32.1. The number of amides is 1. The van der Waals surface area contributed by atoms with Crippen LogP contribution in [0.1, 0.15) is 26.8 Å². The smallest absolute Gasteiger partial charge is 0.251 e. The Kier molecular flexibility index (Phi) is 5.70. The van der Waals surface area contributed by atoms with Crippen molar-refractivity contribution in [1.29, 1.82) is 0 Å². The van der Waals surface area contributed by atoms with Gasteiger partial charge in [0.15, 0.2) is 0 Å². The Morgan fingerprint density at radius 2 is 2.19 bits per heavy atom. The van der Waals surface area contributed by atoms with E-state index in [0.29, 0.717) is 18.7 Å². The fourth-order valence-electron chi connectivity index (χ4n) is 3.02. The van der Waals surface area contributed by atoms with Gasteiger partial charge in [-0.05, 0) is 56.2 Å². The Hall–Kier alpha value is -2.22. The number of rotatable bonds is 7. The van der Waals surface area contributed by atoms with Crippen molar-refractivity contribution in [1.82, 2.24) is 19.8 Å². The molecule has 0 aliphatic heterocycles. The van der Waals surface area contributed by atoms with E-state index in [1.165, 1.54) is 10.4 Å². The molecule has 0 fully saturated rings. The minimum Gasteiger partial charge on any atom is -0.395 e. The van der Waals surface area contributed by atoms with Gasteiger partial charge in [-0.2, -0.15) is 0 Å². The van der Waals surface area contributed by atoms with Gasteiger partial charge >= 0.3 is 0 Å². The first-order chi connectivity index (χ1) is 12.5. The number of aliphatic hydroxyl groups excluding tert-OH is 1. The quantitative estimate of drug-likeness (QED) is 0.668. The van der Waals surface area contributed by atoms with Gasteiger partial charge in [-0.1, -0.05) is 0 Å². The summed E-state index contributed by atoms with van der Waals surface area (Å²) in [6, 6.07) is 7.72. The molecule has 0 saturated heterocycles. The first kappa shape index (κ1) is 18.6. The van der Waals surface area contributed by atoms with E-state index in [2.05, 4.69) is 33.6 Å². The third-order valence-corrected chi connectivity index (χ3v) is 5.63. The fraction of sp³-hybridized carbons (Fsp3) is 0.368. The van der Waals surface area contributed by atoms with E-state index < -0.39 is 0 Å². The number of likely N-dealkylation sites (N-methyl/N-ethyl adjacent to an activating group) is 1. The van der Waals surface area contributed by atoms with Gasteiger partial charge in [-0.3, -0.25) is 4.79 Å². The summed E-state index contributed by atoms with van der Waals surface area (Å²) in [6.45, 7) is 3.19. The normalized spacial score (nSPS) is 12.7. The fourth-order valence-corrected chi connectivity index (χ4v) is 4.14. The molecule has 0 spiro atoms. The number of hydrogen-bond acceptors (Lipinski definition) is 5. The Balaban J connectivity index is 1.73. The van der Waals surface area contributed by atoms with Gasteiger partial charge in [-0.15, -0.1) is 11.3 Å². The molecule has 2 heterocycles. The molecule has 1 unspecified atom stereocenters. The van der Waals surface area contributed by atoms with Crippen molar-refractivity contribution in [3.8, 4) is 0 Å². The molecule has 1 atom stereocenters. The monoisotopic (exact) mass is 372 g/mol. The van der Waals surface area contributed by atoms with Gasteiger partial charge in [-0.25, -0.2) is 4.98 Å². The number of aryl methyl sites for hydroxylation is 1. The third kappa shape index (κ3) is 3.80. The van der Waals surface area contributed by atoms with Crippen molar-refractivity contribution in [2.75, 3.05) is 27.2 Å². The Morgan fingerprint density at radius 1 is 1.38 bits per heavy atom. The Labute approximate surface area is 157 Å². The zero-order chi connectivity index (χ0) is 18.7. The zero-order valence-electron chi connectivity index (χ0n) is 15.3. The molecular weight excluding hydrogens is 348 g/mol. The Morgan fingerprint density at radius 3 is 2.85 bits per heavy atom. The number of benzene rings is 1. The van der Waals surface area contributed by atoms with E-state index in [1.807, 2.05) is 24.7 Å². The maximum Gasteiger partial charge on any atom is 0.251 e. The summed E-state index contributed by atoms with van der Waals surface area (Å²) in [5.74, 6) is -0.107. The molecule has 1 aromatic carbocycles. The minimum atomic E-state index is -0.107. The highest BCUT2D eigenvalue weighted by molar-refractivity contribution is 7.10. The van der Waals surface area contributed by atoms with Crippen molar-refractivity contribution in [2.45, 2.75) is 19.5 Å². The molecule has 0 aliphatic carbocycles. The topological polar surface area (TPSA) is 70.4 Å². The number of carbonyl (C=O) groups is 1. The van der Waals surface area contributed by atoms with Gasteiger partial charge in [0.05, 0.1) is 30.0 Å². The number of hydrogen-bond donors (Lipinski definition) is 2. The molecular formula is C19H24N4O2S. The SMILES string of the molecule is Cc1ccsc1C(CNC(=O)c1ccc2c(c1)ncn2CCO)N(C)C. The van der Waals surface area contributed by atoms with Crippen LogP contribution in [0.5, 0.6) is 0 Å². The van der Waals surface area contributed by atoms with Crippen molar-refractivity contribution in [3.05, 3.63) is 52.0 Å². The lowest BCUT2D eigenvalue weighted by molar-refractivity contribution is 0.0942. The van der Waals surface area contributed by atoms with E-state index in [9.17, 15) is 4.79 Å². The second-order valence-electron chi connectivity index (χ2n) is 6.52. The van der Waals surface area contributed by atoms with Crippen molar-refractivity contribution in [3.63, 3.8) is 0 Å². The van der Waals surface area contributed by atoms with Crippen LogP contribution in [0.4, 0.5) is 0 Å². The van der Waals surface area contributed by atoms with Gasteiger partial charge < -0.3 is 19.9 Å². The van der Waals surface area contributed by atoms with E-state index >= 15 is 0 Å². The summed E-state index contributed by atoms with van der Waals surface area (Å²) >= 11 is 1.72. The predicted molar refractivity (Wildman–Crippen MR) is 105 cm³/mol. The largest absolute Gasteiger partial charge is 0.395 e. The molecule has 0 bridgehead atoms. The summed E-state index contributed by atoms with van der Waals surface area (Å²) < 4.78 is 1.87. The van der Waals surface area contributed by atoms with E-state index in [-0.39, 0.29) is 18.6 Å². The number of nitrogens with zero attached hydrogens (tertiary/aromatic N) is 3. The number of nitrogens with one attached hydrogen (secondary N) is 1. The molecule has 7 heteroatoms. The van der Waals surface area contributed by atoms with Crippen LogP contribution in [-0.2, 0) is 6.54 Å². The number of carbonyl (C=O) groups excluding carboxylic acids is 1. The van der Waals surface area contributed by atoms with Crippen LogP contribution in [0.2, 0.25) is 0 Å². The lowest BCUT2D eigenvalue weighted by atomic mass is 10.1. The minimum absolute atomic E-state index is 0.0573. The highest BCUT2D eigenvalue weighted by Gasteiger charge is 2.19. The zero-order valence-corrected chi connectivity index (χ0v) is 16.1. The highest BCUT2D eigenvalue weighted by Crippen LogP contribution is 2.26. The summed E-state index contributed by atoms with van der Waals surface area (Å²) in [4.78, 5) is 20.3. The van der Waals surface area contributed by atoms with Crippen LogP contribution >= 0.6 is 11.3 Å². The van der Waals surface area contributed by atoms with E-state index in [1.54, 1.807) is 29.8 Å². The Bertz CT molecular complexity index is 900. The number of aromatic nitrogens is 2. The van der Waals surface area contributed by atoms with Crippen molar-refractivity contribution in [2.24, 2.45) is 0 Å². The summed E-state index contributed by atoms with van der Waals surface area (Å²) in [6.07, 6.45) is 1.68. The molecule has 6 nitrogen and oxygen atoms in total. The van der Waals surface area contributed by atoms with Gasteiger partial charge in [0, 0.05) is 23.5 Å². The van der Waals surface area contributed by atoms with Crippen LogP contribution in [0.15, 0.2) is 36.0 Å². The van der Waals surface area contributed by atoms with E-state index in [4.69, 9.17) is 5.11 Å². The predicted octanol–water partition coefficient (Wildman–Crippen LogP) is 2.43. The molecule has 0 radical (unpaired) electrons. The lowest BCUT2D eigenvalue weighted by Gasteiger charge is -2.24. The molecule has 0 saturated carbocycles. The first-order valence-corrected chi connectivity index (χ1v) is 9.43. The van der Waals surface area contributed by atoms with Gasteiger partial charge in [0.1, 0.15) is 0 Å². The number of aliphatic hydroxyl groups is 1. The second-order valence-corrected chi connectivity index (χ2v) is 7.47. The standard InChI is InChI=1S/C19H24N4O2S/c1-13-6-9-26-18(13)17(22(2)3)11-20-19(25)14-4-5-16-15(10-14)21-12-23(16)7-8-24/h4-6,9-10,12,17,24H,7-8,11H2,1-3H3,(H,20,25). The molecule has 3 rings (SSSR count). The van der Waals surface area contributed by atoms with Crippen LogP contribution in [-0.4, -0.2) is 52.7 Å². The first-order valence-electron chi connectivity index (χ1n) is 8.55. The summed E-state index contributed by atoms with van der Waals surface area (Å²) in [5, 5.41) is 14.2. The third-order valence-electron chi connectivity index (χ3n) is 4.51. The number of thiophene rings is 1. The van der Waals surface area contributed by atoms with Crippen LogP contribution in [0.3, 0.4) is 0 Å². The number of fused-ring (bicyclic) bond motifs is 1. The average molecular weight is 372 g/mol. The second kappa shape index (κ2) is 7.99. The van der Waals surface area contributed by atoms with Gasteiger partial charge in [0.2, 0.25) is 0 Å². The maximum atomic E-state index is 12.6. The molecule has 26 heavy (non-hydrogen) atoms. The van der Waals surface area contributed by atoms with Crippen molar-refractivity contribution >= 4 is 28.3 Å². The van der Waals surface area contributed by atoms with Crippen LogP contribution in [0, 0.1) is 6.92 Å². The van der Waals surface area contributed by atoms with Crippen LogP contribution in [0.25, 0.3) is 11.0 Å². The summed E-state index contributed by atoms with van der Waals surface area (Å²) in [5.41, 5.74) is 3.51. The van der Waals surface area contributed by atoms with Crippen LogP contribution < -0.4 is 5.32 Å². The van der Waals surface area contributed by atoms with Gasteiger partial charge in [0.25, 0.3) is 5.91 Å². The molecule has 2 aromatic heterocycles. The number of imidazole rings is 1. The van der Waals surface area contributed by atoms with Crippen molar-refractivity contribution < 1.29 is 9.90 Å². The molecule has 138 valence electrons. The average Bonchev–Trinajstić information content (AvgIpc) is 3.21. The molecule has 2 N–H and O–H groups in total. The molecule has 1 amide bonds. The van der Waals surface area contributed by atoms with E-state index in [0.717, 1.165) is 11.0 Å². The lowest BCUT2D eigenvalue weighted by Crippen LogP contribution is -2.34. The maximum absolute atomic E-state index is 12.6.